The van der Waals surface area contributed by atoms with E-state index >= 15 is 0 Å². The second-order valence-electron chi connectivity index (χ2n) is 4.42. The zero-order valence-corrected chi connectivity index (χ0v) is 10.5. The predicted octanol–water partition coefficient (Wildman–Crippen LogP) is 2.18. The van der Waals surface area contributed by atoms with Gasteiger partial charge in [0.15, 0.2) is 0 Å². The number of hydrogen-bond acceptors (Lipinski definition) is 2. The number of rotatable bonds is 1. The molecule has 0 unspecified atom stereocenters. The van der Waals surface area contributed by atoms with Gasteiger partial charge in [0.05, 0.1) is 7.11 Å². The number of hydrogen-bond donors (Lipinski definition) is 0. The van der Waals surface area contributed by atoms with Crippen LogP contribution < -0.4 is 4.74 Å². The number of ether oxygens (including phenoxy) is 1. The van der Waals surface area contributed by atoms with Crippen molar-refractivity contribution in [2.24, 2.45) is 0 Å². The first-order valence-electron chi connectivity index (χ1n) is 5.93. The molecule has 104 valence electrons. The highest BCUT2D eigenvalue weighted by Gasteiger charge is 2.42. The molecular formula is C13H14F3NO2. The average molecular weight is 273 g/mol. The van der Waals surface area contributed by atoms with E-state index in [9.17, 15) is 18.0 Å². The van der Waals surface area contributed by atoms with Crippen molar-refractivity contribution in [1.29, 1.82) is 0 Å². The molecule has 1 amide bonds. The minimum atomic E-state index is -4.80. The molecule has 1 aromatic rings. The van der Waals surface area contributed by atoms with Gasteiger partial charge in [-0.15, -0.1) is 0 Å². The maximum atomic E-state index is 12.4. The van der Waals surface area contributed by atoms with Crippen LogP contribution in [0, 0.1) is 0 Å². The monoisotopic (exact) mass is 273 g/mol. The Kier molecular flexibility index (Phi) is 3.68. The zero-order valence-electron chi connectivity index (χ0n) is 10.5. The van der Waals surface area contributed by atoms with Crippen molar-refractivity contribution in [2.75, 3.05) is 20.2 Å². The van der Waals surface area contributed by atoms with E-state index in [1.165, 1.54) is 7.11 Å². The SMILES string of the molecule is COc1ccc2c(c1)CCN(C(=O)C(F)(F)F)CC2. The van der Waals surface area contributed by atoms with Crippen molar-refractivity contribution < 1.29 is 22.7 Å². The van der Waals surface area contributed by atoms with Crippen molar-refractivity contribution in [1.82, 2.24) is 4.90 Å². The fourth-order valence-corrected chi connectivity index (χ4v) is 2.21. The van der Waals surface area contributed by atoms with Gasteiger partial charge in [-0.2, -0.15) is 13.2 Å². The molecule has 0 atom stereocenters. The maximum absolute atomic E-state index is 12.4. The van der Waals surface area contributed by atoms with E-state index < -0.39 is 12.1 Å². The molecule has 1 aliphatic rings. The molecular weight excluding hydrogens is 259 g/mol. The molecule has 3 nitrogen and oxygen atoms in total. The van der Waals surface area contributed by atoms with E-state index in [4.69, 9.17) is 4.74 Å². The number of amides is 1. The van der Waals surface area contributed by atoms with Crippen LogP contribution in [0.25, 0.3) is 0 Å². The normalized spacial score (nSPS) is 15.7. The smallest absolute Gasteiger partial charge is 0.471 e. The van der Waals surface area contributed by atoms with Gasteiger partial charge in [-0.25, -0.2) is 0 Å². The van der Waals surface area contributed by atoms with Gasteiger partial charge in [-0.1, -0.05) is 6.07 Å². The van der Waals surface area contributed by atoms with Crippen LogP contribution >= 0.6 is 0 Å². The van der Waals surface area contributed by atoms with Gasteiger partial charge < -0.3 is 9.64 Å². The fourth-order valence-electron chi connectivity index (χ4n) is 2.21. The molecule has 0 saturated heterocycles. The van der Waals surface area contributed by atoms with Gasteiger partial charge in [-0.3, -0.25) is 4.79 Å². The van der Waals surface area contributed by atoms with Crippen LogP contribution in [0.5, 0.6) is 5.75 Å². The van der Waals surface area contributed by atoms with Crippen molar-refractivity contribution >= 4 is 5.91 Å². The summed E-state index contributed by atoms with van der Waals surface area (Å²) in [6, 6.07) is 5.44. The van der Waals surface area contributed by atoms with Gasteiger partial charge in [0.25, 0.3) is 0 Å². The van der Waals surface area contributed by atoms with Crippen LogP contribution in [-0.4, -0.2) is 37.2 Å². The lowest BCUT2D eigenvalue weighted by Gasteiger charge is -2.21. The Bertz CT molecular complexity index is 485. The third kappa shape index (κ3) is 3.00. The third-order valence-corrected chi connectivity index (χ3v) is 3.25. The number of carbonyl (C=O) groups is 1. The molecule has 0 bridgehead atoms. The Morgan fingerprint density at radius 3 is 2.42 bits per heavy atom. The molecule has 6 heteroatoms. The van der Waals surface area contributed by atoms with Crippen LogP contribution in [0.3, 0.4) is 0 Å². The summed E-state index contributed by atoms with van der Waals surface area (Å²) < 4.78 is 42.3. The summed E-state index contributed by atoms with van der Waals surface area (Å²) in [6.45, 7) is 0.177. The fraction of sp³-hybridized carbons (Fsp3) is 0.462. The lowest BCUT2D eigenvalue weighted by atomic mass is 10.0. The minimum Gasteiger partial charge on any atom is -0.497 e. The summed E-state index contributed by atoms with van der Waals surface area (Å²) in [4.78, 5) is 12.1. The molecule has 0 saturated carbocycles. The summed E-state index contributed by atoms with van der Waals surface area (Å²) in [6.07, 6.45) is -3.95. The average Bonchev–Trinajstić information content (AvgIpc) is 2.58. The molecule has 0 fully saturated rings. The second-order valence-corrected chi connectivity index (χ2v) is 4.42. The number of alkyl halides is 3. The Labute approximate surface area is 109 Å². The Morgan fingerprint density at radius 1 is 1.21 bits per heavy atom. The van der Waals surface area contributed by atoms with Gasteiger partial charge >= 0.3 is 12.1 Å². The molecule has 2 rings (SSSR count). The highest BCUT2D eigenvalue weighted by molar-refractivity contribution is 5.82. The van der Waals surface area contributed by atoms with Gasteiger partial charge in [-0.05, 0) is 36.1 Å². The Balaban J connectivity index is 2.15. The van der Waals surface area contributed by atoms with E-state index in [1.54, 1.807) is 6.07 Å². The first-order valence-corrected chi connectivity index (χ1v) is 5.93. The molecule has 1 heterocycles. The molecule has 0 aliphatic carbocycles. The highest BCUT2D eigenvalue weighted by Crippen LogP contribution is 2.24. The first-order chi connectivity index (χ1) is 8.91. The van der Waals surface area contributed by atoms with Crippen LogP contribution in [-0.2, 0) is 17.6 Å². The largest absolute Gasteiger partial charge is 0.497 e. The van der Waals surface area contributed by atoms with Crippen LogP contribution in [0.1, 0.15) is 11.1 Å². The quantitative estimate of drug-likeness (QED) is 0.785. The van der Waals surface area contributed by atoms with Crippen molar-refractivity contribution in [2.45, 2.75) is 19.0 Å². The molecule has 0 aromatic heterocycles. The number of halogens is 3. The topological polar surface area (TPSA) is 29.5 Å². The van der Waals surface area contributed by atoms with Crippen molar-refractivity contribution in [3.05, 3.63) is 29.3 Å². The van der Waals surface area contributed by atoms with Gasteiger partial charge in [0, 0.05) is 13.1 Å². The Hall–Kier alpha value is -1.72. The van der Waals surface area contributed by atoms with E-state index in [0.717, 1.165) is 16.0 Å². The number of methoxy groups -OCH3 is 1. The van der Waals surface area contributed by atoms with Crippen LogP contribution in [0.2, 0.25) is 0 Å². The lowest BCUT2D eigenvalue weighted by molar-refractivity contribution is -0.185. The minimum absolute atomic E-state index is 0.0819. The Morgan fingerprint density at radius 2 is 1.84 bits per heavy atom. The summed E-state index contributed by atoms with van der Waals surface area (Å²) in [5.74, 6) is -1.08. The van der Waals surface area contributed by atoms with Crippen LogP contribution in [0.15, 0.2) is 18.2 Å². The zero-order chi connectivity index (χ0) is 14.0. The summed E-state index contributed by atoms with van der Waals surface area (Å²) in [5.41, 5.74) is 1.91. The lowest BCUT2D eigenvalue weighted by Crippen LogP contribution is -2.42. The van der Waals surface area contributed by atoms with Crippen LogP contribution in [0.4, 0.5) is 13.2 Å². The predicted molar refractivity (Wildman–Crippen MR) is 63.0 cm³/mol. The molecule has 1 aliphatic heterocycles. The van der Waals surface area contributed by atoms with Gasteiger partial charge in [0.1, 0.15) is 5.75 Å². The second kappa shape index (κ2) is 5.11. The molecule has 1 aromatic carbocycles. The number of fused-ring (bicyclic) bond motifs is 1. The maximum Gasteiger partial charge on any atom is 0.471 e. The third-order valence-electron chi connectivity index (χ3n) is 3.25. The molecule has 0 spiro atoms. The van der Waals surface area contributed by atoms with E-state index in [-0.39, 0.29) is 13.1 Å². The number of nitrogens with zero attached hydrogens (tertiary/aromatic N) is 1. The summed E-state index contributed by atoms with van der Waals surface area (Å²) >= 11 is 0. The van der Waals surface area contributed by atoms with Crippen molar-refractivity contribution in [3.63, 3.8) is 0 Å². The first kappa shape index (κ1) is 13.7. The number of benzene rings is 1. The van der Waals surface area contributed by atoms with Gasteiger partial charge in [0.2, 0.25) is 0 Å². The van der Waals surface area contributed by atoms with E-state index in [1.807, 2.05) is 12.1 Å². The van der Waals surface area contributed by atoms with E-state index in [2.05, 4.69) is 0 Å². The van der Waals surface area contributed by atoms with Crippen molar-refractivity contribution in [3.8, 4) is 5.75 Å². The molecule has 0 radical (unpaired) electrons. The molecule has 0 N–H and O–H groups in total. The number of carbonyl (C=O) groups excluding carboxylic acids is 1. The highest BCUT2D eigenvalue weighted by atomic mass is 19.4. The summed E-state index contributed by atoms with van der Waals surface area (Å²) in [7, 11) is 1.54. The summed E-state index contributed by atoms with van der Waals surface area (Å²) in [5, 5.41) is 0. The molecule has 19 heavy (non-hydrogen) atoms. The van der Waals surface area contributed by atoms with E-state index in [0.29, 0.717) is 18.6 Å². The standard InChI is InChI=1S/C13H14F3NO2/c1-19-11-3-2-9-4-6-17(7-5-10(9)8-11)12(18)13(14,15)16/h2-3,8H,4-7H2,1H3.